The highest BCUT2D eigenvalue weighted by atomic mass is 15.2. The maximum Gasteiger partial charge on any atom is 0.304 e. The maximum atomic E-state index is 4.26. The molecule has 2 heterocycles. The number of imidazole rings is 1. The lowest BCUT2D eigenvalue weighted by molar-refractivity contribution is 0.885. The van der Waals surface area contributed by atoms with E-state index in [2.05, 4.69) is 9.97 Å². The molecule has 0 amide bonds. The van der Waals surface area contributed by atoms with E-state index in [9.17, 15) is 0 Å². The van der Waals surface area contributed by atoms with Crippen molar-refractivity contribution in [2.45, 2.75) is 6.92 Å². The molecular formula is C8H9N3+. The Morgan fingerprint density at radius 1 is 1.36 bits per heavy atom. The molecule has 0 spiro atoms. The van der Waals surface area contributed by atoms with Crippen molar-refractivity contribution in [2.75, 3.05) is 0 Å². The van der Waals surface area contributed by atoms with E-state index >= 15 is 0 Å². The Kier molecular flexibility index (Phi) is 1.36. The van der Waals surface area contributed by atoms with Crippen molar-refractivity contribution in [3.8, 4) is 0 Å². The van der Waals surface area contributed by atoms with Crippen LogP contribution in [0.3, 0.4) is 0 Å². The fraction of sp³-hybridized carbons (Fsp3) is 0.125. The van der Waals surface area contributed by atoms with Gasteiger partial charge in [-0.3, -0.25) is 0 Å². The minimum absolute atomic E-state index is 0.938. The highest BCUT2D eigenvalue weighted by Gasteiger charge is 2.17. The molecule has 0 unspecified atom stereocenters. The lowest BCUT2D eigenvalue weighted by Crippen LogP contribution is -2.05. The van der Waals surface area contributed by atoms with Crippen LogP contribution < -0.4 is 4.90 Å². The number of hydrogen-bond acceptors (Lipinski definition) is 2. The summed E-state index contributed by atoms with van der Waals surface area (Å²) in [7, 11) is 0. The first-order valence-electron chi connectivity index (χ1n) is 3.51. The van der Waals surface area contributed by atoms with E-state index in [0.717, 1.165) is 11.6 Å². The highest BCUT2D eigenvalue weighted by molar-refractivity contribution is 5.36. The van der Waals surface area contributed by atoms with Gasteiger partial charge in [0.15, 0.2) is 12.4 Å². The minimum atomic E-state index is 0.938. The van der Waals surface area contributed by atoms with Gasteiger partial charge < -0.3 is 4.98 Å². The zero-order valence-electron chi connectivity index (χ0n) is 6.28. The molecule has 1 aliphatic rings. The van der Waals surface area contributed by atoms with Crippen LogP contribution >= 0.6 is 0 Å². The van der Waals surface area contributed by atoms with Crippen LogP contribution in [-0.4, -0.2) is 9.97 Å². The molecule has 0 bridgehead atoms. The monoisotopic (exact) mass is 147 g/mol. The molecule has 0 aromatic carbocycles. The quantitative estimate of drug-likeness (QED) is 0.600. The van der Waals surface area contributed by atoms with Gasteiger partial charge in [0.25, 0.3) is 0 Å². The lowest BCUT2D eigenvalue weighted by Gasteiger charge is -1.88. The van der Waals surface area contributed by atoms with Gasteiger partial charge in [0.1, 0.15) is 5.82 Å². The smallest absolute Gasteiger partial charge is 0.304 e. The molecule has 55 valence electrons. The summed E-state index contributed by atoms with van der Waals surface area (Å²) in [6.45, 7) is 1.94. The Balaban J connectivity index is 2.29. The number of aromatic nitrogens is 2. The van der Waals surface area contributed by atoms with Crippen molar-refractivity contribution in [3.05, 3.63) is 36.6 Å². The van der Waals surface area contributed by atoms with Crippen molar-refractivity contribution in [1.29, 1.82) is 0 Å². The molecule has 3 nitrogen and oxygen atoms in total. The van der Waals surface area contributed by atoms with Crippen LogP contribution in [-0.2, 0) is 0 Å². The third kappa shape index (κ3) is 1.10. The number of nitrogens with one attached hydrogen (secondary N) is 1. The van der Waals surface area contributed by atoms with Gasteiger partial charge in [-0.05, 0) is 6.92 Å². The van der Waals surface area contributed by atoms with E-state index in [4.69, 9.17) is 0 Å². The number of anilines is 1. The number of nitrogens with zero attached hydrogens (tertiary/aromatic N) is 2. The van der Waals surface area contributed by atoms with Gasteiger partial charge in [0.2, 0.25) is 0 Å². The molecule has 1 aromatic heterocycles. The molecule has 0 atom stereocenters. The number of aryl methyl sites for hydroxylation is 1. The topological polar surface area (TPSA) is 34.6 Å². The van der Waals surface area contributed by atoms with Gasteiger partial charge >= 0.3 is 5.82 Å². The fourth-order valence-electron chi connectivity index (χ4n) is 1.02. The predicted octanol–water partition coefficient (Wildman–Crippen LogP) is 1.53. The Bertz CT molecular complexity index is 297. The second-order valence-electron chi connectivity index (χ2n) is 2.43. The number of allylic oxidation sites excluding steroid dienone is 2. The molecule has 11 heavy (non-hydrogen) atoms. The van der Waals surface area contributed by atoms with Gasteiger partial charge in [0.05, 0.1) is 6.20 Å². The first kappa shape index (κ1) is 6.37. The van der Waals surface area contributed by atoms with Crippen LogP contribution in [0.15, 0.2) is 30.7 Å². The Morgan fingerprint density at radius 3 is 2.64 bits per heavy atom. The average Bonchev–Trinajstić information content (AvgIpc) is 2.55. The first-order chi connectivity index (χ1) is 5.36. The summed E-state index contributed by atoms with van der Waals surface area (Å²) >= 11 is 0. The van der Waals surface area contributed by atoms with E-state index in [1.54, 1.807) is 0 Å². The molecule has 3 heteroatoms. The summed E-state index contributed by atoms with van der Waals surface area (Å²) < 4.78 is 0. The van der Waals surface area contributed by atoms with Crippen molar-refractivity contribution < 1.29 is 0 Å². The van der Waals surface area contributed by atoms with E-state index in [0.29, 0.717) is 0 Å². The molecule has 1 N–H and O–H groups in total. The normalized spacial score (nSPS) is 16.5. The van der Waals surface area contributed by atoms with E-state index in [1.807, 2.05) is 42.6 Å². The minimum Gasteiger partial charge on any atom is -0.343 e. The van der Waals surface area contributed by atoms with Crippen LogP contribution in [0, 0.1) is 6.92 Å². The first-order valence-corrected chi connectivity index (χ1v) is 3.51. The van der Waals surface area contributed by atoms with E-state index in [1.165, 1.54) is 0 Å². The molecule has 2 rings (SSSR count). The largest absolute Gasteiger partial charge is 0.343 e. The van der Waals surface area contributed by atoms with E-state index in [-0.39, 0.29) is 0 Å². The summed E-state index contributed by atoms with van der Waals surface area (Å²) in [4.78, 5) is 9.25. The van der Waals surface area contributed by atoms with Crippen LogP contribution in [0.4, 0.5) is 5.82 Å². The standard InChI is InChI=1S/C8H9N3/c1-7-9-6-8(10-7)11-4-2-3-5-11/h2-6H,1H3,(H,9,10)/q+1. The Hall–Kier alpha value is -1.35. The summed E-state index contributed by atoms with van der Waals surface area (Å²) in [5.74, 6) is 1.88. The molecular weight excluding hydrogens is 138 g/mol. The van der Waals surface area contributed by atoms with Gasteiger partial charge in [0, 0.05) is 12.2 Å². The van der Waals surface area contributed by atoms with Crippen LogP contribution in [0.2, 0.25) is 0 Å². The van der Waals surface area contributed by atoms with Crippen molar-refractivity contribution in [2.24, 2.45) is 0 Å². The summed E-state index contributed by atoms with van der Waals surface area (Å²) in [6.07, 6.45) is 9.77. The second-order valence-corrected chi connectivity index (χ2v) is 2.43. The molecule has 1 radical (unpaired) electrons. The van der Waals surface area contributed by atoms with Gasteiger partial charge in [-0.15, -0.1) is 0 Å². The SMILES string of the molecule is Cc1nc([N+]2C=CC=C2)c[nH]1. The van der Waals surface area contributed by atoms with Crippen molar-refractivity contribution >= 4 is 5.82 Å². The van der Waals surface area contributed by atoms with Gasteiger partial charge in [-0.2, -0.15) is 4.98 Å². The number of aromatic amines is 1. The van der Waals surface area contributed by atoms with E-state index < -0.39 is 0 Å². The summed E-state index contributed by atoms with van der Waals surface area (Å²) in [5.41, 5.74) is 0. The molecule has 0 aliphatic carbocycles. The Morgan fingerprint density at radius 2 is 2.09 bits per heavy atom. The average molecular weight is 147 g/mol. The summed E-state index contributed by atoms with van der Waals surface area (Å²) in [6, 6.07) is 0. The van der Waals surface area contributed by atoms with Crippen LogP contribution in [0.1, 0.15) is 5.82 Å². The highest BCUT2D eigenvalue weighted by Crippen LogP contribution is 2.13. The third-order valence-electron chi connectivity index (χ3n) is 1.56. The zero-order valence-corrected chi connectivity index (χ0v) is 6.28. The number of hydrogen-bond donors (Lipinski definition) is 1. The maximum absolute atomic E-state index is 4.26. The van der Waals surface area contributed by atoms with Crippen molar-refractivity contribution in [1.82, 2.24) is 14.9 Å². The molecule has 0 fully saturated rings. The van der Waals surface area contributed by atoms with Crippen LogP contribution in [0.5, 0.6) is 0 Å². The summed E-state index contributed by atoms with van der Waals surface area (Å²) in [5, 5.41) is 0. The zero-order chi connectivity index (χ0) is 7.68. The fourth-order valence-corrected chi connectivity index (χ4v) is 1.02. The Labute approximate surface area is 65.1 Å². The number of H-pyrrole nitrogens is 1. The molecule has 1 aliphatic heterocycles. The van der Waals surface area contributed by atoms with Gasteiger partial charge in [-0.25, -0.2) is 0 Å². The van der Waals surface area contributed by atoms with Crippen molar-refractivity contribution in [3.63, 3.8) is 0 Å². The second kappa shape index (κ2) is 2.36. The molecule has 1 aromatic rings. The van der Waals surface area contributed by atoms with Crippen LogP contribution in [0.25, 0.3) is 0 Å². The number of rotatable bonds is 1. The lowest BCUT2D eigenvalue weighted by atomic mass is 10.6. The molecule has 0 saturated carbocycles. The third-order valence-corrected chi connectivity index (χ3v) is 1.56. The molecule has 0 saturated heterocycles. The predicted molar refractivity (Wildman–Crippen MR) is 43.4 cm³/mol. The van der Waals surface area contributed by atoms with Gasteiger partial charge in [-0.1, -0.05) is 4.90 Å².